The van der Waals surface area contributed by atoms with Crippen molar-refractivity contribution >= 4 is 0 Å². The molecule has 0 spiro atoms. The van der Waals surface area contributed by atoms with Crippen molar-refractivity contribution in [2.75, 3.05) is 13.7 Å². The second-order valence-corrected chi connectivity index (χ2v) is 4.08. The van der Waals surface area contributed by atoms with Gasteiger partial charge < -0.3 is 15.2 Å². The monoisotopic (exact) mass is 237 g/mol. The van der Waals surface area contributed by atoms with Crippen molar-refractivity contribution in [2.45, 2.75) is 39.2 Å². The second kappa shape index (κ2) is 7.17. The Labute approximate surface area is 104 Å². The molecule has 1 aromatic carbocycles. The minimum absolute atomic E-state index is 0.247. The highest BCUT2D eigenvalue weighted by Gasteiger charge is 2.10. The van der Waals surface area contributed by atoms with E-state index in [4.69, 9.17) is 15.2 Å². The third kappa shape index (κ3) is 3.93. The van der Waals surface area contributed by atoms with E-state index in [1.807, 2.05) is 18.2 Å². The maximum Gasteiger partial charge on any atom is 0.161 e. The molecule has 2 N–H and O–H groups in total. The molecule has 0 heterocycles. The summed E-state index contributed by atoms with van der Waals surface area (Å²) in [5.41, 5.74) is 6.75. The summed E-state index contributed by atoms with van der Waals surface area (Å²) in [6.45, 7) is 4.91. The molecule has 0 saturated heterocycles. The molecule has 1 aromatic rings. The van der Waals surface area contributed by atoms with Crippen LogP contribution in [0.4, 0.5) is 0 Å². The molecule has 1 rings (SSSR count). The molecule has 17 heavy (non-hydrogen) atoms. The Bertz CT molecular complexity index is 335. The van der Waals surface area contributed by atoms with Gasteiger partial charge in [0.25, 0.3) is 0 Å². The summed E-state index contributed by atoms with van der Waals surface area (Å²) in [6.07, 6.45) is 3.11. The molecule has 0 bridgehead atoms. The van der Waals surface area contributed by atoms with Gasteiger partial charge in [-0.3, -0.25) is 0 Å². The van der Waals surface area contributed by atoms with E-state index in [0.717, 1.165) is 30.8 Å². The molecule has 0 radical (unpaired) electrons. The predicted molar refractivity (Wildman–Crippen MR) is 70.8 cm³/mol. The Kier molecular flexibility index (Phi) is 5.84. The molecule has 0 aromatic heterocycles. The van der Waals surface area contributed by atoms with E-state index in [2.05, 4.69) is 13.8 Å². The van der Waals surface area contributed by atoms with Gasteiger partial charge in [0.15, 0.2) is 11.5 Å². The number of benzene rings is 1. The Morgan fingerprint density at radius 3 is 2.41 bits per heavy atom. The van der Waals surface area contributed by atoms with Crippen molar-refractivity contribution in [3.8, 4) is 11.5 Å². The SMILES string of the molecule is CCC(CC)Oc1cc(CCN)ccc1OC. The minimum atomic E-state index is 0.247. The zero-order valence-corrected chi connectivity index (χ0v) is 11.0. The molecule has 0 saturated carbocycles. The van der Waals surface area contributed by atoms with Crippen LogP contribution in [-0.4, -0.2) is 19.8 Å². The van der Waals surface area contributed by atoms with Gasteiger partial charge in [-0.15, -0.1) is 0 Å². The van der Waals surface area contributed by atoms with Gasteiger partial charge in [0.2, 0.25) is 0 Å². The van der Waals surface area contributed by atoms with Crippen molar-refractivity contribution in [2.24, 2.45) is 5.73 Å². The highest BCUT2D eigenvalue weighted by molar-refractivity contribution is 5.43. The van der Waals surface area contributed by atoms with Crippen LogP contribution in [0.5, 0.6) is 11.5 Å². The van der Waals surface area contributed by atoms with E-state index >= 15 is 0 Å². The van der Waals surface area contributed by atoms with E-state index < -0.39 is 0 Å². The van der Waals surface area contributed by atoms with Crippen LogP contribution in [0.1, 0.15) is 32.3 Å². The molecule has 0 aliphatic rings. The lowest BCUT2D eigenvalue weighted by Gasteiger charge is -2.18. The Morgan fingerprint density at radius 2 is 1.88 bits per heavy atom. The fourth-order valence-corrected chi connectivity index (χ4v) is 1.77. The Balaban J connectivity index is 2.88. The van der Waals surface area contributed by atoms with Crippen LogP contribution in [0, 0.1) is 0 Å². The summed E-state index contributed by atoms with van der Waals surface area (Å²) in [7, 11) is 1.66. The van der Waals surface area contributed by atoms with E-state index in [0.29, 0.717) is 6.54 Å². The fraction of sp³-hybridized carbons (Fsp3) is 0.571. The lowest BCUT2D eigenvalue weighted by Crippen LogP contribution is -2.14. The van der Waals surface area contributed by atoms with Crippen LogP contribution in [-0.2, 0) is 6.42 Å². The smallest absolute Gasteiger partial charge is 0.161 e. The highest BCUT2D eigenvalue weighted by atomic mass is 16.5. The Morgan fingerprint density at radius 1 is 1.18 bits per heavy atom. The summed E-state index contributed by atoms with van der Waals surface area (Å²) in [5.74, 6) is 1.62. The molecule has 0 unspecified atom stereocenters. The van der Waals surface area contributed by atoms with Crippen molar-refractivity contribution < 1.29 is 9.47 Å². The van der Waals surface area contributed by atoms with Gasteiger partial charge in [-0.2, -0.15) is 0 Å². The topological polar surface area (TPSA) is 44.5 Å². The molecule has 3 heteroatoms. The maximum atomic E-state index is 5.96. The number of nitrogens with two attached hydrogens (primary N) is 1. The highest BCUT2D eigenvalue weighted by Crippen LogP contribution is 2.30. The van der Waals surface area contributed by atoms with Crippen LogP contribution in [0.25, 0.3) is 0 Å². The third-order valence-corrected chi connectivity index (χ3v) is 2.87. The van der Waals surface area contributed by atoms with Crippen LogP contribution >= 0.6 is 0 Å². The average Bonchev–Trinajstić information content (AvgIpc) is 2.36. The molecule has 96 valence electrons. The first-order valence-electron chi connectivity index (χ1n) is 6.28. The molecular formula is C14H23NO2. The number of rotatable bonds is 7. The van der Waals surface area contributed by atoms with Gasteiger partial charge in [0, 0.05) is 0 Å². The summed E-state index contributed by atoms with van der Waals surface area (Å²) in [5, 5.41) is 0. The number of hydrogen-bond donors (Lipinski definition) is 1. The van der Waals surface area contributed by atoms with Gasteiger partial charge in [0.05, 0.1) is 13.2 Å². The second-order valence-electron chi connectivity index (χ2n) is 4.08. The first-order chi connectivity index (χ1) is 8.24. The van der Waals surface area contributed by atoms with Crippen molar-refractivity contribution in [1.29, 1.82) is 0 Å². The zero-order chi connectivity index (χ0) is 12.7. The van der Waals surface area contributed by atoms with Crippen LogP contribution < -0.4 is 15.2 Å². The first-order valence-corrected chi connectivity index (χ1v) is 6.28. The summed E-state index contributed by atoms with van der Waals surface area (Å²) in [6, 6.07) is 6.01. The maximum absolute atomic E-state index is 5.96. The quantitative estimate of drug-likeness (QED) is 0.793. The fourth-order valence-electron chi connectivity index (χ4n) is 1.77. The van der Waals surface area contributed by atoms with Crippen LogP contribution in [0.2, 0.25) is 0 Å². The van der Waals surface area contributed by atoms with E-state index in [-0.39, 0.29) is 6.10 Å². The van der Waals surface area contributed by atoms with Gasteiger partial charge >= 0.3 is 0 Å². The molecule has 0 atom stereocenters. The molecule has 3 nitrogen and oxygen atoms in total. The van der Waals surface area contributed by atoms with Crippen LogP contribution in [0.15, 0.2) is 18.2 Å². The van der Waals surface area contributed by atoms with Crippen molar-refractivity contribution in [3.63, 3.8) is 0 Å². The third-order valence-electron chi connectivity index (χ3n) is 2.87. The number of ether oxygens (including phenoxy) is 2. The largest absolute Gasteiger partial charge is 0.493 e. The summed E-state index contributed by atoms with van der Waals surface area (Å²) < 4.78 is 11.3. The molecule has 0 aliphatic carbocycles. The van der Waals surface area contributed by atoms with Gasteiger partial charge in [-0.05, 0) is 43.5 Å². The van der Waals surface area contributed by atoms with E-state index in [1.165, 1.54) is 5.56 Å². The standard InChI is InChI=1S/C14H23NO2/c1-4-12(5-2)17-14-10-11(8-9-15)6-7-13(14)16-3/h6-7,10,12H,4-5,8-9,15H2,1-3H3. The van der Waals surface area contributed by atoms with Gasteiger partial charge in [0.1, 0.15) is 0 Å². The Hall–Kier alpha value is -1.22. The number of methoxy groups -OCH3 is 1. The lowest BCUT2D eigenvalue weighted by molar-refractivity contribution is 0.185. The predicted octanol–water partition coefficient (Wildman–Crippen LogP) is 2.76. The zero-order valence-electron chi connectivity index (χ0n) is 11.0. The molecular weight excluding hydrogens is 214 g/mol. The van der Waals surface area contributed by atoms with E-state index in [9.17, 15) is 0 Å². The first kappa shape index (κ1) is 13.8. The molecule has 0 amide bonds. The minimum Gasteiger partial charge on any atom is -0.493 e. The molecule has 0 aliphatic heterocycles. The average molecular weight is 237 g/mol. The molecule has 0 fully saturated rings. The summed E-state index contributed by atoms with van der Waals surface area (Å²) in [4.78, 5) is 0. The van der Waals surface area contributed by atoms with Crippen molar-refractivity contribution in [1.82, 2.24) is 0 Å². The number of hydrogen-bond acceptors (Lipinski definition) is 3. The lowest BCUT2D eigenvalue weighted by atomic mass is 10.1. The van der Waals surface area contributed by atoms with Gasteiger partial charge in [-0.25, -0.2) is 0 Å². The summed E-state index contributed by atoms with van der Waals surface area (Å²) >= 11 is 0. The van der Waals surface area contributed by atoms with E-state index in [1.54, 1.807) is 7.11 Å². The normalized spacial score (nSPS) is 10.6. The van der Waals surface area contributed by atoms with Crippen LogP contribution in [0.3, 0.4) is 0 Å². The van der Waals surface area contributed by atoms with Crippen molar-refractivity contribution in [3.05, 3.63) is 23.8 Å². The van der Waals surface area contributed by atoms with Gasteiger partial charge in [-0.1, -0.05) is 19.9 Å².